The summed E-state index contributed by atoms with van der Waals surface area (Å²) in [7, 11) is 0. The van der Waals surface area contributed by atoms with Gasteiger partial charge in [0.05, 0.1) is 18.9 Å². The molecule has 52 heavy (non-hydrogen) atoms. The molecule has 15 heteroatoms. The first kappa shape index (κ1) is 37.3. The third-order valence-electron chi connectivity index (χ3n) is 8.00. The van der Waals surface area contributed by atoms with Crippen molar-refractivity contribution in [3.8, 4) is 0 Å². The highest BCUT2D eigenvalue weighted by Crippen LogP contribution is 2.41. The van der Waals surface area contributed by atoms with E-state index in [0.717, 1.165) is 16.7 Å². The van der Waals surface area contributed by atoms with Crippen molar-refractivity contribution in [2.75, 3.05) is 19.0 Å². The Morgan fingerprint density at radius 3 is 1.83 bits per heavy atom. The zero-order valence-corrected chi connectivity index (χ0v) is 28.9. The van der Waals surface area contributed by atoms with Crippen molar-refractivity contribution < 1.29 is 52.5 Å². The van der Waals surface area contributed by atoms with Crippen molar-refractivity contribution in [2.45, 2.75) is 37.5 Å². The van der Waals surface area contributed by atoms with Crippen molar-refractivity contribution in [1.29, 1.82) is 0 Å². The topological polar surface area (TPSA) is 184 Å². The molecule has 2 aliphatic heterocycles. The Morgan fingerprint density at radius 1 is 0.808 bits per heavy atom. The van der Waals surface area contributed by atoms with Gasteiger partial charge in [-0.1, -0.05) is 91.0 Å². The fourth-order valence-corrected chi connectivity index (χ4v) is 6.92. The molecule has 2 heterocycles. The number of carbonyl (C=O) groups is 7. The predicted molar refractivity (Wildman–Crippen MR) is 184 cm³/mol. The highest BCUT2D eigenvalue weighted by atomic mass is 32.2. The SMILES string of the molecule is CCOC(=O)C(C(=O)NC1=C(C(=O)OC(c2ccccc2)c2ccccc2)N2C(=O)C(NC(=O)C(OC=O)c3ccccc3)[C@@H]2SC1)C(=O)OCC. The van der Waals surface area contributed by atoms with Crippen LogP contribution in [0.3, 0.4) is 0 Å². The number of hydrogen-bond acceptors (Lipinski definition) is 12. The maximum absolute atomic E-state index is 14.3. The van der Waals surface area contributed by atoms with Gasteiger partial charge in [-0.3, -0.25) is 33.7 Å². The Kier molecular flexibility index (Phi) is 12.4. The van der Waals surface area contributed by atoms with Gasteiger partial charge in [-0.2, -0.15) is 0 Å². The number of β-lactam (4-membered cyclic amide) rings is 1. The van der Waals surface area contributed by atoms with E-state index in [4.69, 9.17) is 18.9 Å². The second-order valence-electron chi connectivity index (χ2n) is 11.3. The maximum Gasteiger partial charge on any atom is 0.357 e. The normalized spacial score (nSPS) is 16.9. The van der Waals surface area contributed by atoms with Crippen molar-refractivity contribution in [1.82, 2.24) is 15.5 Å². The third kappa shape index (κ3) is 8.15. The van der Waals surface area contributed by atoms with Crippen LogP contribution in [0.25, 0.3) is 0 Å². The molecular weight excluding hydrogens is 694 g/mol. The van der Waals surface area contributed by atoms with Crippen LogP contribution in [-0.2, 0) is 52.5 Å². The third-order valence-corrected chi connectivity index (χ3v) is 9.28. The summed E-state index contributed by atoms with van der Waals surface area (Å²) in [6, 6.07) is 24.7. The highest BCUT2D eigenvalue weighted by molar-refractivity contribution is 8.00. The largest absolute Gasteiger partial charge is 0.465 e. The van der Waals surface area contributed by atoms with Gasteiger partial charge in [-0.25, -0.2) is 4.79 Å². The van der Waals surface area contributed by atoms with Gasteiger partial charge < -0.3 is 29.6 Å². The Morgan fingerprint density at radius 2 is 1.33 bits per heavy atom. The molecule has 2 unspecified atom stereocenters. The second kappa shape index (κ2) is 17.3. The Hall–Kier alpha value is -5.96. The van der Waals surface area contributed by atoms with Crippen LogP contribution in [0.1, 0.15) is 42.7 Å². The van der Waals surface area contributed by atoms with Crippen LogP contribution in [0.15, 0.2) is 102 Å². The van der Waals surface area contributed by atoms with Gasteiger partial charge in [0, 0.05) is 11.3 Å². The monoisotopic (exact) mass is 729 g/mol. The van der Waals surface area contributed by atoms with E-state index in [0.29, 0.717) is 16.7 Å². The van der Waals surface area contributed by atoms with E-state index in [1.165, 1.54) is 13.8 Å². The van der Waals surface area contributed by atoms with E-state index in [1.54, 1.807) is 91.0 Å². The van der Waals surface area contributed by atoms with Gasteiger partial charge >= 0.3 is 17.9 Å². The molecule has 2 N–H and O–H groups in total. The zero-order chi connectivity index (χ0) is 37.2. The zero-order valence-electron chi connectivity index (χ0n) is 28.1. The van der Waals surface area contributed by atoms with Crippen LogP contribution in [0.4, 0.5) is 0 Å². The molecule has 5 rings (SSSR count). The van der Waals surface area contributed by atoms with E-state index in [-0.39, 0.29) is 36.8 Å². The Labute approximate surface area is 302 Å². The van der Waals surface area contributed by atoms with E-state index in [1.807, 2.05) is 0 Å². The molecular formula is C37H35N3O11S. The molecule has 1 fully saturated rings. The number of thioether (sulfide) groups is 1. The Balaban J connectivity index is 1.49. The summed E-state index contributed by atoms with van der Waals surface area (Å²) in [5, 5.41) is 4.23. The minimum atomic E-state index is -2.03. The molecule has 2 aliphatic rings. The summed E-state index contributed by atoms with van der Waals surface area (Å²) < 4.78 is 21.0. The average molecular weight is 730 g/mol. The minimum Gasteiger partial charge on any atom is -0.465 e. The van der Waals surface area contributed by atoms with Crippen molar-refractivity contribution in [3.63, 3.8) is 0 Å². The fraction of sp³-hybridized carbons (Fsp3) is 0.270. The molecule has 1 saturated heterocycles. The molecule has 0 aliphatic carbocycles. The van der Waals surface area contributed by atoms with Crippen molar-refractivity contribution in [3.05, 3.63) is 119 Å². The molecule has 3 atom stereocenters. The van der Waals surface area contributed by atoms with Gasteiger partial charge in [0.2, 0.25) is 17.9 Å². The number of hydrogen-bond donors (Lipinski definition) is 2. The molecule has 0 saturated carbocycles. The van der Waals surface area contributed by atoms with Crippen LogP contribution in [0.2, 0.25) is 0 Å². The summed E-state index contributed by atoms with van der Waals surface area (Å²) in [6.07, 6.45) is -2.30. The van der Waals surface area contributed by atoms with Gasteiger partial charge in [0.25, 0.3) is 18.3 Å². The summed E-state index contributed by atoms with van der Waals surface area (Å²) in [5.41, 5.74) is 1.11. The first-order chi connectivity index (χ1) is 25.2. The molecule has 0 bridgehead atoms. The Bertz CT molecular complexity index is 1780. The molecule has 0 spiro atoms. The number of rotatable bonds is 15. The number of amides is 3. The minimum absolute atomic E-state index is 0.121. The molecule has 0 radical (unpaired) electrons. The summed E-state index contributed by atoms with van der Waals surface area (Å²) >= 11 is 1.09. The number of benzene rings is 3. The van der Waals surface area contributed by atoms with E-state index >= 15 is 0 Å². The van der Waals surface area contributed by atoms with Gasteiger partial charge in [0.1, 0.15) is 11.4 Å². The van der Waals surface area contributed by atoms with Crippen molar-refractivity contribution in [2.24, 2.45) is 5.92 Å². The average Bonchev–Trinajstić information content (AvgIpc) is 3.16. The van der Waals surface area contributed by atoms with Crippen LogP contribution in [0.5, 0.6) is 0 Å². The van der Waals surface area contributed by atoms with Crippen LogP contribution >= 0.6 is 11.8 Å². The summed E-state index contributed by atoms with van der Waals surface area (Å²) in [6.45, 7) is 2.88. The molecule has 3 amide bonds. The van der Waals surface area contributed by atoms with Gasteiger partial charge in [-0.15, -0.1) is 11.8 Å². The maximum atomic E-state index is 14.3. The second-order valence-corrected chi connectivity index (χ2v) is 12.4. The molecule has 3 aromatic rings. The molecule has 3 aromatic carbocycles. The van der Waals surface area contributed by atoms with E-state index < -0.39 is 65.2 Å². The fourth-order valence-electron chi connectivity index (χ4n) is 5.64. The van der Waals surface area contributed by atoms with Gasteiger partial charge in [-0.05, 0) is 25.0 Å². The lowest BCUT2D eigenvalue weighted by atomic mass is 10.0. The van der Waals surface area contributed by atoms with Crippen molar-refractivity contribution >= 4 is 53.9 Å². The number of esters is 3. The van der Waals surface area contributed by atoms with Gasteiger partial charge in [0.15, 0.2) is 11.8 Å². The lowest BCUT2D eigenvalue weighted by molar-refractivity contribution is -0.164. The van der Waals surface area contributed by atoms with Crippen LogP contribution in [0, 0.1) is 5.92 Å². The van der Waals surface area contributed by atoms with E-state index in [9.17, 15) is 33.6 Å². The summed E-state index contributed by atoms with van der Waals surface area (Å²) in [4.78, 5) is 92.7. The summed E-state index contributed by atoms with van der Waals surface area (Å²) in [5.74, 6) is -8.13. The highest BCUT2D eigenvalue weighted by Gasteiger charge is 2.55. The number of fused-ring (bicyclic) bond motifs is 1. The van der Waals surface area contributed by atoms with E-state index in [2.05, 4.69) is 10.6 Å². The number of nitrogens with one attached hydrogen (secondary N) is 2. The number of carbonyl (C=O) groups excluding carboxylic acids is 7. The molecule has 14 nitrogen and oxygen atoms in total. The standard InChI is InChI=1S/C37H35N3O11S/c1-3-48-35(45)26(36(46)49-4-2)31(42)38-25-20-52-34-27(39-32(43)30(50-21-41)24-18-12-7-13-19-24)33(44)40(34)28(25)37(47)51-29(22-14-8-5-9-15-22)23-16-10-6-11-17-23/h5-19,21,26-27,29-30,34H,3-4,20H2,1-2H3,(H,38,42)(H,39,43)/t27?,30?,34-/m0/s1. The number of nitrogens with zero attached hydrogens (tertiary/aromatic N) is 1. The lowest BCUT2D eigenvalue weighted by Gasteiger charge is -2.49. The first-order valence-electron chi connectivity index (χ1n) is 16.3. The molecule has 0 aromatic heterocycles. The molecule has 270 valence electrons. The smallest absolute Gasteiger partial charge is 0.357 e. The number of ether oxygens (including phenoxy) is 4. The predicted octanol–water partition coefficient (Wildman–Crippen LogP) is 2.70. The quantitative estimate of drug-likeness (QED) is 0.0768. The lowest BCUT2D eigenvalue weighted by Crippen LogP contribution is -2.71. The van der Waals surface area contributed by atoms with Crippen LogP contribution in [-0.4, -0.2) is 77.4 Å². The first-order valence-corrected chi connectivity index (χ1v) is 17.3. The van der Waals surface area contributed by atoms with Crippen LogP contribution < -0.4 is 10.6 Å².